The zero-order valence-electron chi connectivity index (χ0n) is 18.5. The summed E-state index contributed by atoms with van der Waals surface area (Å²) in [6.07, 6.45) is 0.0741. The number of rotatable bonds is 6. The molecule has 1 aliphatic rings. The number of hydrogen-bond donors (Lipinski definition) is 1. The van der Waals surface area contributed by atoms with Crippen LogP contribution in [0.15, 0.2) is 42.5 Å². The van der Waals surface area contributed by atoms with Gasteiger partial charge in [-0.15, -0.1) is 0 Å². The smallest absolute Gasteiger partial charge is 0.255 e. The SMILES string of the molecule is CC(C)Oc1ccc(C(=O)Nc2cccc(Cl)c2N2CCN(C(=O)C(C)C)CC2)cc1. The van der Waals surface area contributed by atoms with E-state index in [9.17, 15) is 9.59 Å². The van der Waals surface area contributed by atoms with E-state index in [-0.39, 0.29) is 23.8 Å². The predicted octanol–water partition coefficient (Wildman–Crippen LogP) is 4.68. The number of piperazine rings is 1. The third kappa shape index (κ3) is 5.70. The molecule has 0 atom stereocenters. The predicted molar refractivity (Wildman–Crippen MR) is 125 cm³/mol. The number of carbonyl (C=O) groups excluding carboxylic acids is 2. The van der Waals surface area contributed by atoms with Gasteiger partial charge in [0, 0.05) is 37.7 Å². The minimum atomic E-state index is -0.215. The van der Waals surface area contributed by atoms with Gasteiger partial charge in [-0.3, -0.25) is 9.59 Å². The molecule has 0 radical (unpaired) electrons. The lowest BCUT2D eigenvalue weighted by molar-refractivity contribution is -0.134. The summed E-state index contributed by atoms with van der Waals surface area (Å²) in [4.78, 5) is 29.1. The number of hydrogen-bond acceptors (Lipinski definition) is 4. The van der Waals surface area contributed by atoms with Crippen LogP contribution in [0, 0.1) is 5.92 Å². The molecule has 1 saturated heterocycles. The van der Waals surface area contributed by atoms with Crippen LogP contribution < -0.4 is 15.0 Å². The second kappa shape index (κ2) is 10.1. The van der Waals surface area contributed by atoms with E-state index in [4.69, 9.17) is 16.3 Å². The molecular weight excluding hydrogens is 414 g/mol. The number of amides is 2. The van der Waals surface area contributed by atoms with Crippen molar-refractivity contribution < 1.29 is 14.3 Å². The second-order valence-corrected chi connectivity index (χ2v) is 8.66. The number of anilines is 2. The van der Waals surface area contributed by atoms with E-state index in [1.54, 1.807) is 24.3 Å². The standard InChI is InChI=1S/C24H30ClN3O3/c1-16(2)24(30)28-14-12-27(13-15-28)22-20(25)6-5-7-21(22)26-23(29)18-8-10-19(11-9-18)31-17(3)4/h5-11,16-17H,12-15H2,1-4H3,(H,26,29). The average Bonchev–Trinajstić information content (AvgIpc) is 2.73. The van der Waals surface area contributed by atoms with Gasteiger partial charge in [-0.25, -0.2) is 0 Å². The molecule has 6 nitrogen and oxygen atoms in total. The van der Waals surface area contributed by atoms with Crippen LogP contribution in [0.4, 0.5) is 11.4 Å². The maximum absolute atomic E-state index is 12.8. The molecule has 0 aliphatic carbocycles. The van der Waals surface area contributed by atoms with Crippen LogP contribution in [-0.2, 0) is 4.79 Å². The molecule has 0 spiro atoms. The van der Waals surface area contributed by atoms with Crippen molar-refractivity contribution in [3.8, 4) is 5.75 Å². The molecule has 0 saturated carbocycles. The zero-order chi connectivity index (χ0) is 22.5. The summed E-state index contributed by atoms with van der Waals surface area (Å²) in [5, 5.41) is 3.56. The molecule has 0 aromatic heterocycles. The fourth-order valence-electron chi connectivity index (χ4n) is 3.60. The third-order valence-corrected chi connectivity index (χ3v) is 5.43. The van der Waals surface area contributed by atoms with Crippen LogP contribution in [0.1, 0.15) is 38.1 Å². The van der Waals surface area contributed by atoms with Gasteiger partial charge in [0.2, 0.25) is 5.91 Å². The second-order valence-electron chi connectivity index (χ2n) is 8.25. The maximum Gasteiger partial charge on any atom is 0.255 e. The lowest BCUT2D eigenvalue weighted by Crippen LogP contribution is -2.50. The molecule has 31 heavy (non-hydrogen) atoms. The first kappa shape index (κ1) is 22.9. The third-order valence-electron chi connectivity index (χ3n) is 5.12. The van der Waals surface area contributed by atoms with Crippen LogP contribution in [0.5, 0.6) is 5.75 Å². The van der Waals surface area contributed by atoms with E-state index >= 15 is 0 Å². The Morgan fingerprint density at radius 1 is 0.968 bits per heavy atom. The van der Waals surface area contributed by atoms with Crippen molar-refractivity contribution in [1.82, 2.24) is 4.90 Å². The molecule has 1 N–H and O–H groups in total. The first-order chi connectivity index (χ1) is 14.8. The van der Waals surface area contributed by atoms with Crippen molar-refractivity contribution in [3.63, 3.8) is 0 Å². The number of carbonyl (C=O) groups is 2. The van der Waals surface area contributed by atoms with E-state index in [1.807, 2.05) is 50.8 Å². The van der Waals surface area contributed by atoms with Gasteiger partial charge in [0.15, 0.2) is 0 Å². The van der Waals surface area contributed by atoms with Crippen molar-refractivity contribution in [3.05, 3.63) is 53.1 Å². The number of nitrogens with zero attached hydrogens (tertiary/aromatic N) is 2. The lowest BCUT2D eigenvalue weighted by atomic mass is 10.1. The van der Waals surface area contributed by atoms with E-state index < -0.39 is 0 Å². The summed E-state index contributed by atoms with van der Waals surface area (Å²) in [6, 6.07) is 12.6. The molecule has 7 heteroatoms. The summed E-state index contributed by atoms with van der Waals surface area (Å²) in [7, 11) is 0. The van der Waals surface area contributed by atoms with Crippen molar-refractivity contribution in [1.29, 1.82) is 0 Å². The number of para-hydroxylation sites is 1. The molecule has 2 aromatic carbocycles. The van der Waals surface area contributed by atoms with Gasteiger partial charge < -0.3 is 19.9 Å². The van der Waals surface area contributed by atoms with Crippen LogP contribution in [0.3, 0.4) is 0 Å². The summed E-state index contributed by atoms with van der Waals surface area (Å²) < 4.78 is 5.64. The Balaban J connectivity index is 1.73. The van der Waals surface area contributed by atoms with Gasteiger partial charge in [0.25, 0.3) is 5.91 Å². The minimum absolute atomic E-state index is 0.0148. The topological polar surface area (TPSA) is 61.9 Å². The number of benzene rings is 2. The quantitative estimate of drug-likeness (QED) is 0.703. The molecule has 3 rings (SSSR count). The molecule has 166 valence electrons. The van der Waals surface area contributed by atoms with Gasteiger partial charge in [-0.05, 0) is 50.2 Å². The zero-order valence-corrected chi connectivity index (χ0v) is 19.3. The van der Waals surface area contributed by atoms with Gasteiger partial charge >= 0.3 is 0 Å². The highest BCUT2D eigenvalue weighted by atomic mass is 35.5. The number of ether oxygens (including phenoxy) is 1. The summed E-state index contributed by atoms with van der Waals surface area (Å²) in [6.45, 7) is 10.3. The number of nitrogens with one attached hydrogen (secondary N) is 1. The monoisotopic (exact) mass is 443 g/mol. The first-order valence-corrected chi connectivity index (χ1v) is 11.0. The van der Waals surface area contributed by atoms with Gasteiger partial charge in [-0.2, -0.15) is 0 Å². The Kier molecular flexibility index (Phi) is 7.44. The van der Waals surface area contributed by atoms with E-state index in [0.29, 0.717) is 42.5 Å². The molecule has 0 bridgehead atoms. The van der Waals surface area contributed by atoms with Crippen LogP contribution in [0.25, 0.3) is 0 Å². The lowest BCUT2D eigenvalue weighted by Gasteiger charge is -2.38. The Labute approximate surface area is 189 Å². The molecule has 2 amide bonds. The van der Waals surface area contributed by atoms with E-state index in [0.717, 1.165) is 11.4 Å². The summed E-state index contributed by atoms with van der Waals surface area (Å²) >= 11 is 6.52. The Morgan fingerprint density at radius 2 is 1.61 bits per heavy atom. The normalized spacial score (nSPS) is 14.2. The largest absolute Gasteiger partial charge is 0.491 e. The molecule has 2 aromatic rings. The van der Waals surface area contributed by atoms with Gasteiger partial charge in [0.05, 0.1) is 22.5 Å². The van der Waals surface area contributed by atoms with Crippen LogP contribution in [-0.4, -0.2) is 49.0 Å². The maximum atomic E-state index is 12.8. The highest BCUT2D eigenvalue weighted by Gasteiger charge is 2.25. The minimum Gasteiger partial charge on any atom is -0.491 e. The first-order valence-electron chi connectivity index (χ1n) is 10.7. The molecular formula is C24H30ClN3O3. The van der Waals surface area contributed by atoms with Crippen LogP contribution in [0.2, 0.25) is 5.02 Å². The van der Waals surface area contributed by atoms with Crippen molar-refractivity contribution in [2.45, 2.75) is 33.8 Å². The number of halogens is 1. The molecule has 0 unspecified atom stereocenters. The van der Waals surface area contributed by atoms with Crippen molar-refractivity contribution in [2.24, 2.45) is 5.92 Å². The molecule has 1 aliphatic heterocycles. The Bertz CT molecular complexity index is 920. The summed E-state index contributed by atoms with van der Waals surface area (Å²) in [5.41, 5.74) is 1.98. The van der Waals surface area contributed by atoms with E-state index in [2.05, 4.69) is 10.2 Å². The molecule has 1 heterocycles. The van der Waals surface area contributed by atoms with E-state index in [1.165, 1.54) is 0 Å². The van der Waals surface area contributed by atoms with Gasteiger partial charge in [-0.1, -0.05) is 31.5 Å². The van der Waals surface area contributed by atoms with Gasteiger partial charge in [0.1, 0.15) is 5.75 Å². The fraction of sp³-hybridized carbons (Fsp3) is 0.417. The Morgan fingerprint density at radius 3 is 2.19 bits per heavy atom. The van der Waals surface area contributed by atoms with Crippen LogP contribution >= 0.6 is 11.6 Å². The fourth-order valence-corrected chi connectivity index (χ4v) is 3.90. The highest BCUT2D eigenvalue weighted by molar-refractivity contribution is 6.34. The van der Waals surface area contributed by atoms with Crippen molar-refractivity contribution in [2.75, 3.05) is 36.4 Å². The highest BCUT2D eigenvalue weighted by Crippen LogP contribution is 2.35. The van der Waals surface area contributed by atoms with Crippen molar-refractivity contribution >= 4 is 34.8 Å². The summed E-state index contributed by atoms with van der Waals surface area (Å²) in [5.74, 6) is 0.660. The Hall–Kier alpha value is -2.73. The molecule has 1 fully saturated rings. The average molecular weight is 444 g/mol.